The van der Waals surface area contributed by atoms with Crippen molar-refractivity contribution in [1.82, 2.24) is 5.32 Å². The number of anilines is 1. The molecule has 28 heavy (non-hydrogen) atoms. The van der Waals surface area contributed by atoms with E-state index in [1.54, 1.807) is 25.0 Å². The topological polar surface area (TPSA) is 58.6 Å². The molecule has 0 bridgehead atoms. The zero-order valence-electron chi connectivity index (χ0n) is 16.0. The number of hydrogen-bond donors (Lipinski definition) is 1. The molecule has 5 nitrogen and oxygen atoms in total. The van der Waals surface area contributed by atoms with Crippen LogP contribution in [0.25, 0.3) is 10.8 Å². The summed E-state index contributed by atoms with van der Waals surface area (Å²) in [5.74, 6) is 0.747. The third-order valence-electron chi connectivity index (χ3n) is 5.18. The van der Waals surface area contributed by atoms with Crippen molar-refractivity contribution in [2.24, 2.45) is 0 Å². The van der Waals surface area contributed by atoms with Crippen LogP contribution in [0.15, 0.2) is 54.6 Å². The average molecular weight is 374 g/mol. The van der Waals surface area contributed by atoms with Crippen LogP contribution in [0, 0.1) is 0 Å². The Bertz CT molecular complexity index is 1070. The van der Waals surface area contributed by atoms with Crippen LogP contribution in [0.1, 0.15) is 28.4 Å². The molecule has 0 atom stereocenters. The maximum atomic E-state index is 12.6. The van der Waals surface area contributed by atoms with Crippen LogP contribution >= 0.6 is 0 Å². The van der Waals surface area contributed by atoms with Gasteiger partial charge in [-0.25, -0.2) is 0 Å². The Morgan fingerprint density at radius 2 is 1.82 bits per heavy atom. The Morgan fingerprint density at radius 1 is 1.04 bits per heavy atom. The number of methoxy groups -OCH3 is 1. The van der Waals surface area contributed by atoms with E-state index in [4.69, 9.17) is 4.74 Å². The highest BCUT2D eigenvalue weighted by molar-refractivity contribution is 5.98. The Hall–Kier alpha value is -3.34. The van der Waals surface area contributed by atoms with Crippen LogP contribution in [0.4, 0.5) is 5.69 Å². The van der Waals surface area contributed by atoms with Gasteiger partial charge < -0.3 is 15.0 Å². The fraction of sp³-hybridized carbons (Fsp3) is 0.217. The number of carbonyl (C=O) groups excluding carboxylic acids is 2. The molecule has 1 heterocycles. The zero-order valence-corrected chi connectivity index (χ0v) is 16.0. The lowest BCUT2D eigenvalue weighted by Gasteiger charge is -2.14. The molecule has 0 saturated heterocycles. The average Bonchev–Trinajstić information content (AvgIpc) is 3.15. The molecule has 0 aliphatic carbocycles. The molecule has 0 saturated carbocycles. The second kappa shape index (κ2) is 7.35. The zero-order chi connectivity index (χ0) is 19.7. The van der Waals surface area contributed by atoms with Gasteiger partial charge in [-0.1, -0.05) is 18.2 Å². The lowest BCUT2D eigenvalue weighted by atomic mass is 10.1. The molecule has 1 aliphatic rings. The monoisotopic (exact) mass is 374 g/mol. The van der Waals surface area contributed by atoms with Gasteiger partial charge in [-0.15, -0.1) is 0 Å². The van der Waals surface area contributed by atoms with Crippen molar-refractivity contribution in [2.45, 2.75) is 19.9 Å². The van der Waals surface area contributed by atoms with Crippen molar-refractivity contribution in [1.29, 1.82) is 0 Å². The number of carbonyl (C=O) groups is 2. The minimum absolute atomic E-state index is 0.0323. The first-order valence-electron chi connectivity index (χ1n) is 9.31. The summed E-state index contributed by atoms with van der Waals surface area (Å²) in [5, 5.41) is 5.19. The van der Waals surface area contributed by atoms with Gasteiger partial charge in [-0.05, 0) is 64.7 Å². The number of fused-ring (bicyclic) bond motifs is 2. The lowest BCUT2D eigenvalue weighted by Crippen LogP contribution is -2.26. The molecule has 142 valence electrons. The summed E-state index contributed by atoms with van der Waals surface area (Å²) in [6, 6.07) is 17.6. The van der Waals surface area contributed by atoms with E-state index in [0.717, 1.165) is 39.8 Å². The molecule has 3 aromatic rings. The number of benzene rings is 3. The maximum absolute atomic E-state index is 12.6. The lowest BCUT2D eigenvalue weighted by molar-refractivity contribution is -0.116. The molecule has 1 aliphatic heterocycles. The highest BCUT2D eigenvalue weighted by Crippen LogP contribution is 2.29. The maximum Gasteiger partial charge on any atom is 0.251 e. The van der Waals surface area contributed by atoms with E-state index < -0.39 is 0 Å². The second-order valence-corrected chi connectivity index (χ2v) is 6.99. The van der Waals surface area contributed by atoms with Gasteiger partial charge in [0, 0.05) is 31.3 Å². The summed E-state index contributed by atoms with van der Waals surface area (Å²) in [6.07, 6.45) is 0.782. The third kappa shape index (κ3) is 3.43. The van der Waals surface area contributed by atoms with Gasteiger partial charge >= 0.3 is 0 Å². The van der Waals surface area contributed by atoms with Gasteiger partial charge in [-0.2, -0.15) is 0 Å². The fourth-order valence-corrected chi connectivity index (χ4v) is 3.66. The highest BCUT2D eigenvalue weighted by atomic mass is 16.5. The number of rotatable bonds is 4. The van der Waals surface area contributed by atoms with E-state index in [-0.39, 0.29) is 11.8 Å². The predicted molar refractivity (Wildman–Crippen MR) is 110 cm³/mol. The smallest absolute Gasteiger partial charge is 0.251 e. The summed E-state index contributed by atoms with van der Waals surface area (Å²) in [6.45, 7) is 2.70. The molecule has 5 heteroatoms. The number of nitrogens with one attached hydrogen (secondary N) is 1. The number of hydrogen-bond acceptors (Lipinski definition) is 3. The normalized spacial score (nSPS) is 12.7. The van der Waals surface area contributed by atoms with Crippen LogP contribution in [-0.4, -0.2) is 25.5 Å². The van der Waals surface area contributed by atoms with Crippen LogP contribution in [0.2, 0.25) is 0 Å². The van der Waals surface area contributed by atoms with Crippen LogP contribution in [0.5, 0.6) is 5.75 Å². The van der Waals surface area contributed by atoms with Crippen molar-refractivity contribution in [3.05, 3.63) is 71.3 Å². The first-order valence-corrected chi connectivity index (χ1v) is 9.31. The van der Waals surface area contributed by atoms with Gasteiger partial charge in [0.25, 0.3) is 5.91 Å². The minimum Gasteiger partial charge on any atom is -0.497 e. The van der Waals surface area contributed by atoms with Crippen molar-refractivity contribution in [3.8, 4) is 5.75 Å². The van der Waals surface area contributed by atoms with Gasteiger partial charge in [0.15, 0.2) is 0 Å². The number of ether oxygens (including phenoxy) is 1. The Morgan fingerprint density at radius 3 is 2.61 bits per heavy atom. The van der Waals surface area contributed by atoms with Crippen molar-refractivity contribution < 1.29 is 14.3 Å². The molecular formula is C23H22N2O3. The van der Waals surface area contributed by atoms with Crippen LogP contribution in [-0.2, 0) is 17.8 Å². The summed E-state index contributed by atoms with van der Waals surface area (Å²) >= 11 is 0. The fourth-order valence-electron chi connectivity index (χ4n) is 3.66. The quantitative estimate of drug-likeness (QED) is 0.758. The van der Waals surface area contributed by atoms with E-state index in [2.05, 4.69) is 11.4 Å². The Kier molecular flexibility index (Phi) is 4.74. The number of amides is 2. The van der Waals surface area contributed by atoms with E-state index in [9.17, 15) is 9.59 Å². The van der Waals surface area contributed by atoms with E-state index in [1.807, 2.05) is 42.5 Å². The molecule has 0 aromatic heterocycles. The van der Waals surface area contributed by atoms with E-state index in [1.165, 1.54) is 0 Å². The first-order chi connectivity index (χ1) is 13.5. The van der Waals surface area contributed by atoms with Crippen molar-refractivity contribution in [3.63, 3.8) is 0 Å². The van der Waals surface area contributed by atoms with Gasteiger partial charge in [0.1, 0.15) is 5.75 Å². The molecule has 1 N–H and O–H groups in total. The molecule has 0 fully saturated rings. The Balaban J connectivity index is 1.46. The molecule has 0 spiro atoms. The summed E-state index contributed by atoms with van der Waals surface area (Å²) in [7, 11) is 1.65. The van der Waals surface area contributed by atoms with E-state index >= 15 is 0 Å². The van der Waals surface area contributed by atoms with Crippen LogP contribution < -0.4 is 15.0 Å². The molecular weight excluding hydrogens is 352 g/mol. The summed E-state index contributed by atoms with van der Waals surface area (Å²) in [4.78, 5) is 26.0. The largest absolute Gasteiger partial charge is 0.497 e. The minimum atomic E-state index is -0.112. The van der Waals surface area contributed by atoms with Crippen LogP contribution in [0.3, 0.4) is 0 Å². The van der Waals surface area contributed by atoms with Gasteiger partial charge in [0.2, 0.25) is 5.91 Å². The number of nitrogens with zero attached hydrogens (tertiary/aromatic N) is 1. The Labute approximate surface area is 163 Å². The van der Waals surface area contributed by atoms with Gasteiger partial charge in [0.05, 0.1) is 7.11 Å². The second-order valence-electron chi connectivity index (χ2n) is 6.99. The third-order valence-corrected chi connectivity index (χ3v) is 5.18. The first kappa shape index (κ1) is 18.0. The molecule has 2 amide bonds. The standard InChI is InChI=1S/C23H22N2O3/c1-15(26)25-10-9-19-12-20(6-8-22(19)25)23(27)24-14-16-3-4-18-13-21(28-2)7-5-17(18)11-16/h3-8,11-13H,9-10,14H2,1-2H3,(H,24,27). The van der Waals surface area contributed by atoms with Crippen molar-refractivity contribution in [2.75, 3.05) is 18.6 Å². The summed E-state index contributed by atoms with van der Waals surface area (Å²) in [5.41, 5.74) is 3.61. The molecule has 4 rings (SSSR count). The molecule has 0 radical (unpaired) electrons. The van der Waals surface area contributed by atoms with Gasteiger partial charge in [-0.3, -0.25) is 9.59 Å². The van der Waals surface area contributed by atoms with Crippen molar-refractivity contribution >= 4 is 28.3 Å². The van der Waals surface area contributed by atoms with E-state index in [0.29, 0.717) is 18.7 Å². The molecule has 0 unspecified atom stereocenters. The summed E-state index contributed by atoms with van der Waals surface area (Å²) < 4.78 is 5.25. The molecule has 3 aromatic carbocycles. The predicted octanol–water partition coefficient (Wildman–Crippen LogP) is 3.69. The SMILES string of the molecule is COc1ccc2cc(CNC(=O)c3ccc4c(c3)CCN4C(C)=O)ccc2c1. The highest BCUT2D eigenvalue weighted by Gasteiger charge is 2.23.